The van der Waals surface area contributed by atoms with Crippen LogP contribution < -0.4 is 5.32 Å². The zero-order valence-corrected chi connectivity index (χ0v) is 16.3. The van der Waals surface area contributed by atoms with Gasteiger partial charge in [-0.2, -0.15) is 5.26 Å². The minimum absolute atomic E-state index is 0.117. The maximum Gasteiger partial charge on any atom is 0.239 e. The van der Waals surface area contributed by atoms with Crippen molar-refractivity contribution in [1.29, 1.82) is 5.26 Å². The second-order valence-electron chi connectivity index (χ2n) is 9.30. The lowest BCUT2D eigenvalue weighted by Gasteiger charge is -2.54. The highest BCUT2D eigenvalue weighted by Crippen LogP contribution is 2.53. The molecule has 4 saturated carbocycles. The van der Waals surface area contributed by atoms with Gasteiger partial charge < -0.3 is 10.1 Å². The number of nitrogens with one attached hydrogen (secondary N) is 1. The Morgan fingerprint density at radius 1 is 1.14 bits per heavy atom. The van der Waals surface area contributed by atoms with Crippen molar-refractivity contribution in [2.75, 3.05) is 19.8 Å². The number of ether oxygens (including phenoxy) is 1. The van der Waals surface area contributed by atoms with Crippen LogP contribution in [0.3, 0.4) is 0 Å². The number of nitrogens with zero attached hydrogens (tertiary/aromatic N) is 2. The maximum absolute atomic E-state index is 13.2. The van der Waals surface area contributed by atoms with E-state index in [1.54, 1.807) is 0 Å². The highest BCUT2D eigenvalue weighted by atomic mass is 16.5. The molecule has 4 bridgehead atoms. The fourth-order valence-electron chi connectivity index (χ4n) is 6.48. The number of carbonyl (C=O) groups excluding carboxylic acids is 1. The summed E-state index contributed by atoms with van der Waals surface area (Å²) in [5.41, 5.74) is 1.67. The number of hydrogen-bond acceptors (Lipinski definition) is 4. The van der Waals surface area contributed by atoms with E-state index < -0.39 is 0 Å². The highest BCUT2D eigenvalue weighted by molar-refractivity contribution is 5.82. The number of benzene rings is 1. The van der Waals surface area contributed by atoms with E-state index in [4.69, 9.17) is 4.74 Å². The van der Waals surface area contributed by atoms with E-state index >= 15 is 0 Å². The summed E-state index contributed by atoms with van der Waals surface area (Å²) in [6.07, 6.45) is 6.64. The molecule has 5 nitrogen and oxygen atoms in total. The molecule has 0 radical (unpaired) electrons. The lowest BCUT2D eigenvalue weighted by atomic mass is 9.54. The number of carbonyl (C=O) groups is 1. The van der Waals surface area contributed by atoms with Crippen LogP contribution in [0.25, 0.3) is 0 Å². The molecule has 1 heterocycles. The Morgan fingerprint density at radius 2 is 1.86 bits per heavy atom. The van der Waals surface area contributed by atoms with Gasteiger partial charge in [0.25, 0.3) is 0 Å². The molecule has 1 amide bonds. The summed E-state index contributed by atoms with van der Waals surface area (Å²) in [6.45, 7) is 2.41. The Morgan fingerprint density at radius 3 is 2.57 bits per heavy atom. The van der Waals surface area contributed by atoms with E-state index in [2.05, 4.69) is 16.3 Å². The largest absolute Gasteiger partial charge is 0.378 e. The SMILES string of the molecule is N#Cc1ccccc1CN1CCOC[C@@H]1C(=O)NC1C2CC3CC(C2)CC1C3. The van der Waals surface area contributed by atoms with E-state index in [-0.39, 0.29) is 11.9 Å². The summed E-state index contributed by atoms with van der Waals surface area (Å²) in [4.78, 5) is 15.4. The number of rotatable bonds is 4. The lowest BCUT2D eigenvalue weighted by Crippen LogP contribution is -2.60. The van der Waals surface area contributed by atoms with Gasteiger partial charge >= 0.3 is 0 Å². The summed E-state index contributed by atoms with van der Waals surface area (Å²) in [5.74, 6) is 3.29. The lowest BCUT2D eigenvalue weighted by molar-refractivity contribution is -0.136. The van der Waals surface area contributed by atoms with Gasteiger partial charge in [-0.15, -0.1) is 0 Å². The molecular formula is C23H29N3O2. The summed E-state index contributed by atoms with van der Waals surface area (Å²) < 4.78 is 5.67. The fourth-order valence-corrected chi connectivity index (χ4v) is 6.48. The molecule has 1 aliphatic heterocycles. The van der Waals surface area contributed by atoms with Gasteiger partial charge in [0.1, 0.15) is 6.04 Å². The zero-order valence-electron chi connectivity index (χ0n) is 16.3. The highest BCUT2D eigenvalue weighted by Gasteiger charge is 2.49. The van der Waals surface area contributed by atoms with Gasteiger partial charge in [0.15, 0.2) is 0 Å². The molecule has 1 atom stereocenters. The summed E-state index contributed by atoms with van der Waals surface area (Å²) >= 11 is 0. The Bertz CT molecular complexity index is 758. The van der Waals surface area contributed by atoms with Crippen molar-refractivity contribution in [3.8, 4) is 6.07 Å². The molecule has 1 aromatic rings. The van der Waals surface area contributed by atoms with E-state index in [0.717, 1.165) is 23.9 Å². The van der Waals surface area contributed by atoms with Gasteiger partial charge in [-0.05, 0) is 67.4 Å². The van der Waals surface area contributed by atoms with Crippen LogP contribution in [0.15, 0.2) is 24.3 Å². The first-order valence-corrected chi connectivity index (χ1v) is 10.8. The molecule has 5 heteroatoms. The number of morpholine rings is 1. The summed E-state index contributed by atoms with van der Waals surface area (Å²) in [6, 6.07) is 10.0. The normalized spacial score (nSPS) is 36.8. The molecule has 4 aliphatic carbocycles. The summed E-state index contributed by atoms with van der Waals surface area (Å²) in [7, 11) is 0. The van der Waals surface area contributed by atoms with Gasteiger partial charge in [0.05, 0.1) is 24.8 Å². The Labute approximate surface area is 167 Å². The molecule has 0 spiro atoms. The van der Waals surface area contributed by atoms with Crippen LogP contribution in [-0.2, 0) is 16.1 Å². The molecule has 28 heavy (non-hydrogen) atoms. The average Bonchev–Trinajstić information content (AvgIpc) is 2.71. The first-order valence-electron chi connectivity index (χ1n) is 10.8. The van der Waals surface area contributed by atoms with E-state index in [1.165, 1.54) is 32.1 Å². The third-order valence-electron chi connectivity index (χ3n) is 7.59. The van der Waals surface area contributed by atoms with Crippen LogP contribution in [-0.4, -0.2) is 42.6 Å². The predicted molar refractivity (Wildman–Crippen MR) is 105 cm³/mol. The van der Waals surface area contributed by atoms with Crippen LogP contribution in [0, 0.1) is 35.0 Å². The number of amides is 1. The molecule has 1 saturated heterocycles. The van der Waals surface area contributed by atoms with Crippen molar-refractivity contribution in [3.63, 3.8) is 0 Å². The van der Waals surface area contributed by atoms with Crippen molar-refractivity contribution in [2.45, 2.75) is 50.7 Å². The van der Waals surface area contributed by atoms with Gasteiger partial charge in [0.2, 0.25) is 5.91 Å². The van der Waals surface area contributed by atoms with Crippen molar-refractivity contribution in [1.82, 2.24) is 10.2 Å². The minimum atomic E-state index is -0.266. The first-order chi connectivity index (χ1) is 13.7. The van der Waals surface area contributed by atoms with Crippen molar-refractivity contribution < 1.29 is 9.53 Å². The van der Waals surface area contributed by atoms with E-state index in [0.29, 0.717) is 43.2 Å². The number of hydrogen-bond donors (Lipinski definition) is 1. The average molecular weight is 380 g/mol. The molecular weight excluding hydrogens is 350 g/mol. The Hall–Kier alpha value is -1.90. The van der Waals surface area contributed by atoms with Crippen molar-refractivity contribution in [2.24, 2.45) is 23.7 Å². The zero-order chi connectivity index (χ0) is 19.1. The molecule has 1 aromatic carbocycles. The smallest absolute Gasteiger partial charge is 0.239 e. The Balaban J connectivity index is 1.28. The molecule has 6 rings (SSSR count). The Kier molecular flexibility index (Phi) is 4.86. The van der Waals surface area contributed by atoms with Gasteiger partial charge in [-0.25, -0.2) is 0 Å². The molecule has 1 N–H and O–H groups in total. The summed E-state index contributed by atoms with van der Waals surface area (Å²) in [5, 5.41) is 12.8. The third kappa shape index (κ3) is 3.33. The standard InChI is InChI=1S/C23H29N3O2/c24-12-17-3-1-2-4-18(17)13-26-5-6-28-14-21(26)23(27)25-22-19-8-15-7-16(10-19)11-20(22)9-15/h1-4,15-16,19-22H,5-11,13-14H2,(H,25,27)/t15?,16?,19?,20?,21-,22?/m1/s1. The van der Waals surface area contributed by atoms with Crippen molar-refractivity contribution in [3.05, 3.63) is 35.4 Å². The van der Waals surface area contributed by atoms with Gasteiger partial charge in [-0.1, -0.05) is 18.2 Å². The van der Waals surface area contributed by atoms with Crippen LogP contribution in [0.5, 0.6) is 0 Å². The fraction of sp³-hybridized carbons (Fsp3) is 0.652. The maximum atomic E-state index is 13.2. The monoisotopic (exact) mass is 379 g/mol. The van der Waals surface area contributed by atoms with Gasteiger partial charge in [-0.3, -0.25) is 9.69 Å². The van der Waals surface area contributed by atoms with E-state index in [9.17, 15) is 10.1 Å². The molecule has 0 unspecified atom stereocenters. The van der Waals surface area contributed by atoms with Crippen molar-refractivity contribution >= 4 is 5.91 Å². The van der Waals surface area contributed by atoms with Crippen LogP contribution >= 0.6 is 0 Å². The number of nitriles is 1. The third-order valence-corrected chi connectivity index (χ3v) is 7.59. The molecule has 5 aliphatic rings. The topological polar surface area (TPSA) is 65.4 Å². The minimum Gasteiger partial charge on any atom is -0.378 e. The molecule has 5 fully saturated rings. The van der Waals surface area contributed by atoms with Gasteiger partial charge in [0, 0.05) is 19.1 Å². The first kappa shape index (κ1) is 18.1. The predicted octanol–water partition coefficient (Wildman–Crippen LogP) is 2.70. The molecule has 0 aromatic heterocycles. The van der Waals surface area contributed by atoms with Crippen LogP contribution in [0.1, 0.15) is 43.2 Å². The second kappa shape index (κ2) is 7.50. The quantitative estimate of drug-likeness (QED) is 0.874. The van der Waals surface area contributed by atoms with Crippen LogP contribution in [0.2, 0.25) is 0 Å². The molecule has 148 valence electrons. The van der Waals surface area contributed by atoms with Crippen LogP contribution in [0.4, 0.5) is 0 Å². The second-order valence-corrected chi connectivity index (χ2v) is 9.30. The van der Waals surface area contributed by atoms with E-state index in [1.807, 2.05) is 24.3 Å².